The molecule has 2 rings (SSSR count). The minimum atomic E-state index is -0.492. The van der Waals surface area contributed by atoms with Crippen LogP contribution in [0.4, 0.5) is 4.39 Å². The largest absolute Gasteiger partial charge is 0.484 e. The van der Waals surface area contributed by atoms with E-state index < -0.39 is 5.82 Å². The number of halogens is 2. The van der Waals surface area contributed by atoms with Crippen LogP contribution in [0.15, 0.2) is 42.5 Å². The molecule has 0 aliphatic heterocycles. The molecule has 4 heteroatoms. The Morgan fingerprint density at radius 1 is 1.20 bits per heavy atom. The van der Waals surface area contributed by atoms with Gasteiger partial charge < -0.3 is 9.84 Å². The van der Waals surface area contributed by atoms with E-state index in [1.165, 1.54) is 12.1 Å². The summed E-state index contributed by atoms with van der Waals surface area (Å²) in [5, 5.41) is 8.89. The molecule has 2 nitrogen and oxygen atoms in total. The maximum atomic E-state index is 13.5. The van der Waals surface area contributed by atoms with Crippen molar-refractivity contribution < 1.29 is 14.2 Å². The van der Waals surface area contributed by atoms with Crippen LogP contribution in [0.3, 0.4) is 0 Å². The summed E-state index contributed by atoms with van der Waals surface area (Å²) in [6, 6.07) is 11.7. The summed E-state index contributed by atoms with van der Waals surface area (Å²) in [6.07, 6.45) is 0. The number of hydrogen-bond acceptors (Lipinski definition) is 2. The molecule has 2 aromatic rings. The van der Waals surface area contributed by atoms with Crippen molar-refractivity contribution in [1.29, 1.82) is 0 Å². The van der Waals surface area contributed by atoms with Crippen LogP contribution in [0.2, 0.25) is 5.02 Å². The monoisotopic (exact) mass is 290 g/mol. The van der Waals surface area contributed by atoms with Gasteiger partial charge in [-0.3, -0.25) is 0 Å². The third-order valence-corrected chi connectivity index (χ3v) is 2.84. The Kier molecular flexibility index (Phi) is 5.00. The quantitative estimate of drug-likeness (QED) is 0.878. The van der Waals surface area contributed by atoms with Crippen LogP contribution in [-0.2, 0) is 6.61 Å². The molecule has 0 aromatic heterocycles. The summed E-state index contributed by atoms with van der Waals surface area (Å²) in [7, 11) is 0. The van der Waals surface area contributed by atoms with E-state index in [4.69, 9.17) is 21.4 Å². The van der Waals surface area contributed by atoms with Gasteiger partial charge in [0.05, 0.1) is 5.02 Å². The minimum absolute atomic E-state index is 0.0426. The van der Waals surface area contributed by atoms with Crippen molar-refractivity contribution in [2.75, 3.05) is 6.61 Å². The van der Waals surface area contributed by atoms with Crippen LogP contribution in [-0.4, -0.2) is 11.7 Å². The highest BCUT2D eigenvalue weighted by Crippen LogP contribution is 2.27. The summed E-state index contributed by atoms with van der Waals surface area (Å²) in [5.74, 6) is 4.92. The highest BCUT2D eigenvalue weighted by atomic mass is 35.5. The van der Waals surface area contributed by atoms with Crippen molar-refractivity contribution in [2.45, 2.75) is 6.61 Å². The molecule has 0 aliphatic rings. The Labute approximate surface area is 121 Å². The average Bonchev–Trinajstić information content (AvgIpc) is 2.45. The first-order chi connectivity index (χ1) is 9.70. The van der Waals surface area contributed by atoms with Gasteiger partial charge in [0.2, 0.25) is 0 Å². The number of ether oxygens (including phenoxy) is 1. The van der Waals surface area contributed by atoms with Gasteiger partial charge in [0.15, 0.2) is 11.6 Å². The van der Waals surface area contributed by atoms with E-state index in [2.05, 4.69) is 11.8 Å². The van der Waals surface area contributed by atoms with Gasteiger partial charge in [0.25, 0.3) is 0 Å². The molecule has 102 valence electrons. The van der Waals surface area contributed by atoms with Crippen molar-refractivity contribution in [3.8, 4) is 17.6 Å². The molecule has 0 amide bonds. The fraction of sp³-hybridized carbons (Fsp3) is 0.125. The molecule has 0 unspecified atom stereocenters. The molecule has 0 radical (unpaired) electrons. The van der Waals surface area contributed by atoms with E-state index in [9.17, 15) is 4.39 Å². The van der Waals surface area contributed by atoms with E-state index in [1.807, 2.05) is 24.3 Å². The molecule has 0 aliphatic carbocycles. The van der Waals surface area contributed by atoms with Crippen LogP contribution in [0.1, 0.15) is 11.1 Å². The second kappa shape index (κ2) is 6.95. The predicted octanol–water partition coefficient (Wildman–Crippen LogP) is 3.40. The Morgan fingerprint density at radius 3 is 2.75 bits per heavy atom. The minimum Gasteiger partial charge on any atom is -0.484 e. The van der Waals surface area contributed by atoms with Gasteiger partial charge in [0.1, 0.15) is 13.2 Å². The topological polar surface area (TPSA) is 29.5 Å². The first-order valence-corrected chi connectivity index (χ1v) is 6.34. The van der Waals surface area contributed by atoms with E-state index in [1.54, 1.807) is 6.07 Å². The molecule has 2 aromatic carbocycles. The Balaban J connectivity index is 2.11. The van der Waals surface area contributed by atoms with Crippen LogP contribution in [0.25, 0.3) is 0 Å². The summed E-state index contributed by atoms with van der Waals surface area (Å²) < 4.78 is 18.9. The molecule has 0 bridgehead atoms. The lowest BCUT2D eigenvalue weighted by molar-refractivity contribution is 0.290. The van der Waals surface area contributed by atoms with E-state index in [0.29, 0.717) is 0 Å². The zero-order chi connectivity index (χ0) is 14.4. The Bertz CT molecular complexity index is 639. The van der Waals surface area contributed by atoms with E-state index >= 15 is 0 Å². The highest BCUT2D eigenvalue weighted by molar-refractivity contribution is 6.32. The van der Waals surface area contributed by atoms with Crippen LogP contribution in [0, 0.1) is 17.7 Å². The molecule has 1 N–H and O–H groups in total. The summed E-state index contributed by atoms with van der Waals surface area (Å²) in [4.78, 5) is 0. The van der Waals surface area contributed by atoms with Crippen LogP contribution < -0.4 is 4.74 Å². The fourth-order valence-electron chi connectivity index (χ4n) is 1.66. The zero-order valence-electron chi connectivity index (χ0n) is 10.6. The first-order valence-electron chi connectivity index (χ1n) is 5.96. The fourth-order valence-corrected chi connectivity index (χ4v) is 1.87. The maximum absolute atomic E-state index is 13.5. The van der Waals surface area contributed by atoms with Gasteiger partial charge in [-0.25, -0.2) is 4.39 Å². The second-order valence-corrected chi connectivity index (χ2v) is 4.41. The Hall–Kier alpha value is -2.02. The lowest BCUT2D eigenvalue weighted by Crippen LogP contribution is -1.98. The van der Waals surface area contributed by atoms with Crippen LogP contribution >= 0.6 is 11.6 Å². The van der Waals surface area contributed by atoms with Crippen molar-refractivity contribution in [3.63, 3.8) is 0 Å². The van der Waals surface area contributed by atoms with Crippen molar-refractivity contribution in [2.24, 2.45) is 0 Å². The molecule has 0 saturated carbocycles. The van der Waals surface area contributed by atoms with Gasteiger partial charge in [-0.15, -0.1) is 0 Å². The molecule has 20 heavy (non-hydrogen) atoms. The lowest BCUT2D eigenvalue weighted by Gasteiger charge is -2.09. The smallest absolute Gasteiger partial charge is 0.174 e. The van der Waals surface area contributed by atoms with Gasteiger partial charge in [-0.05, 0) is 29.8 Å². The number of para-hydroxylation sites is 1. The normalized spacial score (nSPS) is 9.75. The van der Waals surface area contributed by atoms with Crippen molar-refractivity contribution in [3.05, 3.63) is 64.4 Å². The standard InChI is InChI=1S/C16H12ClFO2/c17-14-7-2-8-15(18)16(14)20-11-13-5-1-4-12(10-13)6-3-9-19/h1-2,4-5,7-8,10,19H,9,11H2. The lowest BCUT2D eigenvalue weighted by atomic mass is 10.1. The van der Waals surface area contributed by atoms with Gasteiger partial charge in [-0.2, -0.15) is 0 Å². The molecule has 0 heterocycles. The molecule has 0 spiro atoms. The first kappa shape index (κ1) is 14.4. The SMILES string of the molecule is OCC#Cc1cccc(COc2c(F)cccc2Cl)c1. The second-order valence-electron chi connectivity index (χ2n) is 4.00. The highest BCUT2D eigenvalue weighted by Gasteiger charge is 2.08. The van der Waals surface area contributed by atoms with Gasteiger partial charge in [0, 0.05) is 5.56 Å². The third-order valence-electron chi connectivity index (χ3n) is 2.54. The van der Waals surface area contributed by atoms with Crippen molar-refractivity contribution >= 4 is 11.6 Å². The van der Waals surface area contributed by atoms with Gasteiger partial charge in [-0.1, -0.05) is 41.6 Å². The number of benzene rings is 2. The third kappa shape index (κ3) is 3.74. The zero-order valence-corrected chi connectivity index (χ0v) is 11.3. The van der Waals surface area contributed by atoms with Crippen LogP contribution in [0.5, 0.6) is 5.75 Å². The molecular weight excluding hydrogens is 279 g/mol. The maximum Gasteiger partial charge on any atom is 0.174 e. The summed E-state index contributed by atoms with van der Waals surface area (Å²) >= 11 is 5.88. The molecule has 0 saturated heterocycles. The molecule has 0 atom stereocenters. The summed E-state index contributed by atoms with van der Waals surface area (Å²) in [5.41, 5.74) is 1.61. The molecule has 0 fully saturated rings. The molecular formula is C16H12ClFO2. The Morgan fingerprint density at radius 2 is 2.00 bits per heavy atom. The summed E-state index contributed by atoms with van der Waals surface area (Å²) in [6.45, 7) is 0.000854. The van der Waals surface area contributed by atoms with E-state index in [0.717, 1.165) is 11.1 Å². The predicted molar refractivity (Wildman–Crippen MR) is 76.1 cm³/mol. The number of aliphatic hydroxyl groups excluding tert-OH is 1. The average molecular weight is 291 g/mol. The number of rotatable bonds is 3. The number of aliphatic hydroxyl groups is 1. The van der Waals surface area contributed by atoms with E-state index in [-0.39, 0.29) is 24.0 Å². The van der Waals surface area contributed by atoms with Gasteiger partial charge >= 0.3 is 0 Å². The number of hydrogen-bond donors (Lipinski definition) is 1. The van der Waals surface area contributed by atoms with Crippen molar-refractivity contribution in [1.82, 2.24) is 0 Å².